The van der Waals surface area contributed by atoms with Crippen molar-refractivity contribution < 1.29 is 39.4 Å². The summed E-state index contributed by atoms with van der Waals surface area (Å²) in [6.07, 6.45) is 21.5. The number of aliphatic hydroxyl groups is 4. The Bertz CT molecular complexity index is 833. The first-order valence-corrected chi connectivity index (χ1v) is 18.7. The van der Waals surface area contributed by atoms with Gasteiger partial charge in [0, 0.05) is 18.4 Å². The first-order valence-electron chi connectivity index (χ1n) is 18.7. The molecule has 0 amide bonds. The minimum absolute atomic E-state index is 0.120. The van der Waals surface area contributed by atoms with E-state index in [0.29, 0.717) is 31.3 Å². The molecule has 0 radical (unpaired) electrons. The van der Waals surface area contributed by atoms with Gasteiger partial charge in [0.05, 0.1) is 42.7 Å². The van der Waals surface area contributed by atoms with Crippen LogP contribution in [0.15, 0.2) is 11.6 Å². The van der Waals surface area contributed by atoms with Crippen LogP contribution in [0.25, 0.3) is 0 Å². The van der Waals surface area contributed by atoms with Gasteiger partial charge in [-0.25, -0.2) is 4.79 Å². The number of hydrogen-bond donors (Lipinski definition) is 4. The zero-order chi connectivity index (χ0) is 32.4. The topological polar surface area (TPSA) is 126 Å². The van der Waals surface area contributed by atoms with Crippen molar-refractivity contribution in [2.24, 2.45) is 0 Å². The Morgan fingerprint density at radius 3 is 1.87 bits per heavy atom. The van der Waals surface area contributed by atoms with Crippen molar-refractivity contribution in [3.8, 4) is 0 Å². The molecular weight excluding hydrogens is 572 g/mol. The van der Waals surface area contributed by atoms with Crippen LogP contribution in [0.2, 0.25) is 0 Å². The highest BCUT2D eigenvalue weighted by Gasteiger charge is 2.45. The van der Waals surface area contributed by atoms with Gasteiger partial charge in [-0.1, -0.05) is 110 Å². The molecule has 0 saturated carbocycles. The molecule has 0 aliphatic carbocycles. The lowest BCUT2D eigenvalue weighted by molar-refractivity contribution is -0.139. The van der Waals surface area contributed by atoms with Crippen LogP contribution in [-0.4, -0.2) is 81.3 Å². The van der Waals surface area contributed by atoms with Crippen LogP contribution in [0.5, 0.6) is 0 Å². The molecule has 8 heteroatoms. The van der Waals surface area contributed by atoms with Gasteiger partial charge in [-0.3, -0.25) is 0 Å². The fourth-order valence-corrected chi connectivity index (χ4v) is 7.32. The van der Waals surface area contributed by atoms with Gasteiger partial charge >= 0.3 is 5.97 Å². The average molecular weight is 639 g/mol. The van der Waals surface area contributed by atoms with Crippen molar-refractivity contribution in [3.63, 3.8) is 0 Å². The molecule has 0 aromatic heterocycles. The third kappa shape index (κ3) is 14.3. The summed E-state index contributed by atoms with van der Waals surface area (Å²) in [7, 11) is 0. The number of hydrogen-bond acceptors (Lipinski definition) is 8. The lowest BCUT2D eigenvalue weighted by atomic mass is 9.98. The summed E-state index contributed by atoms with van der Waals surface area (Å²) < 4.78 is 17.4. The molecule has 2 fully saturated rings. The van der Waals surface area contributed by atoms with E-state index in [9.17, 15) is 25.2 Å². The molecule has 0 aromatic carbocycles. The highest BCUT2D eigenvalue weighted by atomic mass is 16.6. The summed E-state index contributed by atoms with van der Waals surface area (Å²) in [4.78, 5) is 11.7. The summed E-state index contributed by atoms with van der Waals surface area (Å²) in [5.74, 6) is -0.293. The van der Waals surface area contributed by atoms with E-state index >= 15 is 0 Å². The third-order valence-corrected chi connectivity index (χ3v) is 10.1. The standard InChI is InChI=1S/C37H66O8/c1-3-4-5-6-7-11-14-17-20-30(39)33-22-23-34(44-33)35-26-32(41)36(45-35)31(40)21-18-15-12-9-8-10-13-16-19-29(38)25-28-24-27(2)43-37(28)42/h24,27,29-36,38-41H,3-23,25-26H2,1-2H3/t27-,29-,30+,31+,32+,33+,34+,35+,36-/m0/s1. The van der Waals surface area contributed by atoms with Crippen molar-refractivity contribution in [1.29, 1.82) is 0 Å². The number of rotatable bonds is 25. The quantitative estimate of drug-likeness (QED) is 0.0634. The van der Waals surface area contributed by atoms with Crippen LogP contribution < -0.4 is 0 Å². The maximum Gasteiger partial charge on any atom is 0.334 e. The van der Waals surface area contributed by atoms with Crippen LogP contribution in [0, 0.1) is 0 Å². The number of carbonyl (C=O) groups excluding carboxylic acids is 1. The molecule has 3 aliphatic rings. The van der Waals surface area contributed by atoms with Gasteiger partial charge in [-0.2, -0.15) is 0 Å². The fraction of sp³-hybridized carbons (Fsp3) is 0.919. The number of carbonyl (C=O) groups is 1. The number of esters is 1. The molecule has 4 N–H and O–H groups in total. The SMILES string of the molecule is CCCCCCCCCC[C@@H](O)[C@H]1CC[C@H]([C@H]2C[C@@H](O)[C@H]([C@H](O)CCCCCCCCCC[C@H](O)CC3=C[C@H](C)OC3=O)O2)O1. The molecule has 262 valence electrons. The van der Waals surface area contributed by atoms with E-state index in [1.54, 1.807) is 6.08 Å². The van der Waals surface area contributed by atoms with Crippen molar-refractivity contribution in [2.75, 3.05) is 0 Å². The van der Waals surface area contributed by atoms with Crippen molar-refractivity contribution in [3.05, 3.63) is 11.6 Å². The second-order valence-corrected chi connectivity index (χ2v) is 14.2. The van der Waals surface area contributed by atoms with Gasteiger partial charge in [0.2, 0.25) is 0 Å². The Morgan fingerprint density at radius 1 is 0.733 bits per heavy atom. The zero-order valence-electron chi connectivity index (χ0n) is 28.5. The van der Waals surface area contributed by atoms with Crippen LogP contribution in [0.1, 0.15) is 162 Å². The third-order valence-electron chi connectivity index (χ3n) is 10.1. The van der Waals surface area contributed by atoms with Gasteiger partial charge in [0.15, 0.2) is 0 Å². The number of unbranched alkanes of at least 4 members (excludes halogenated alkanes) is 14. The van der Waals surface area contributed by atoms with E-state index in [4.69, 9.17) is 14.2 Å². The molecular formula is C37H66O8. The molecule has 3 rings (SSSR count). The van der Waals surface area contributed by atoms with E-state index in [1.165, 1.54) is 44.9 Å². The molecule has 9 atom stereocenters. The van der Waals surface area contributed by atoms with Crippen LogP contribution >= 0.6 is 0 Å². The van der Waals surface area contributed by atoms with Crippen LogP contribution in [0.3, 0.4) is 0 Å². The number of ether oxygens (including phenoxy) is 3. The largest absolute Gasteiger partial charge is 0.455 e. The molecule has 8 nitrogen and oxygen atoms in total. The van der Waals surface area contributed by atoms with Crippen LogP contribution in [0.4, 0.5) is 0 Å². The summed E-state index contributed by atoms with van der Waals surface area (Å²) in [5.41, 5.74) is 0.602. The lowest BCUT2D eigenvalue weighted by Gasteiger charge is -2.24. The molecule has 45 heavy (non-hydrogen) atoms. The Morgan fingerprint density at radius 2 is 1.29 bits per heavy atom. The van der Waals surface area contributed by atoms with Crippen molar-refractivity contribution in [2.45, 2.75) is 216 Å². The predicted molar refractivity (Wildman–Crippen MR) is 177 cm³/mol. The Kier molecular flexibility index (Phi) is 18.6. The molecule has 0 spiro atoms. The fourth-order valence-electron chi connectivity index (χ4n) is 7.32. The number of aliphatic hydroxyl groups excluding tert-OH is 4. The minimum Gasteiger partial charge on any atom is -0.455 e. The summed E-state index contributed by atoms with van der Waals surface area (Å²) in [6, 6.07) is 0. The van der Waals surface area contributed by atoms with Gasteiger partial charge < -0.3 is 34.6 Å². The summed E-state index contributed by atoms with van der Waals surface area (Å²) >= 11 is 0. The lowest BCUT2D eigenvalue weighted by Crippen LogP contribution is -2.35. The molecule has 2 saturated heterocycles. The molecule has 0 bridgehead atoms. The zero-order valence-corrected chi connectivity index (χ0v) is 28.5. The first kappa shape index (κ1) is 38.4. The second kappa shape index (κ2) is 21.8. The smallest absolute Gasteiger partial charge is 0.334 e. The maximum atomic E-state index is 11.7. The van der Waals surface area contributed by atoms with E-state index in [-0.39, 0.29) is 30.4 Å². The highest BCUT2D eigenvalue weighted by Crippen LogP contribution is 2.35. The van der Waals surface area contributed by atoms with E-state index in [0.717, 1.165) is 77.0 Å². The van der Waals surface area contributed by atoms with E-state index in [2.05, 4.69) is 6.92 Å². The van der Waals surface area contributed by atoms with Crippen molar-refractivity contribution in [1.82, 2.24) is 0 Å². The molecule has 3 aliphatic heterocycles. The maximum absolute atomic E-state index is 11.7. The van der Waals surface area contributed by atoms with Gasteiger partial charge in [-0.05, 0) is 45.1 Å². The van der Waals surface area contributed by atoms with E-state index in [1.807, 2.05) is 6.92 Å². The highest BCUT2D eigenvalue weighted by molar-refractivity contribution is 5.90. The Balaban J connectivity index is 1.16. The van der Waals surface area contributed by atoms with Gasteiger partial charge in [0.1, 0.15) is 12.2 Å². The normalized spacial score (nSPS) is 28.8. The van der Waals surface area contributed by atoms with Crippen molar-refractivity contribution >= 4 is 5.97 Å². The predicted octanol–water partition coefficient (Wildman–Crippen LogP) is 6.83. The molecule has 0 unspecified atom stereocenters. The van der Waals surface area contributed by atoms with E-state index < -0.39 is 30.5 Å². The summed E-state index contributed by atoms with van der Waals surface area (Å²) in [5, 5.41) is 42.3. The monoisotopic (exact) mass is 638 g/mol. The Hall–Kier alpha value is -1.03. The number of cyclic esters (lactones) is 1. The molecule has 0 aromatic rings. The van der Waals surface area contributed by atoms with Gasteiger partial charge in [-0.15, -0.1) is 0 Å². The second-order valence-electron chi connectivity index (χ2n) is 14.2. The molecule has 3 heterocycles. The Labute approximate surface area is 273 Å². The average Bonchev–Trinajstić information content (AvgIpc) is 3.73. The van der Waals surface area contributed by atoms with Gasteiger partial charge in [0.25, 0.3) is 0 Å². The summed E-state index contributed by atoms with van der Waals surface area (Å²) in [6.45, 7) is 4.07. The minimum atomic E-state index is -0.680. The van der Waals surface area contributed by atoms with Crippen LogP contribution in [-0.2, 0) is 19.0 Å². The first-order chi connectivity index (χ1) is 21.8.